The molecular formula is C6H16BO5P. The molecule has 7 heteroatoms. The van der Waals surface area contributed by atoms with Crippen LogP contribution in [0.5, 0.6) is 0 Å². The van der Waals surface area contributed by atoms with Crippen LogP contribution in [0, 0.1) is 0 Å². The van der Waals surface area contributed by atoms with E-state index in [1.807, 2.05) is 6.92 Å². The maximum atomic E-state index is 10.7. The van der Waals surface area contributed by atoms with E-state index in [0.717, 1.165) is 12.8 Å². The minimum Gasteiger partial charge on any atom is -0.426 e. The molecule has 0 radical (unpaired) electrons. The molecule has 0 aliphatic rings. The molecule has 0 aromatic heterocycles. The number of hydrogen-bond donors (Lipinski definition) is 4. The Morgan fingerprint density at radius 3 is 2.15 bits per heavy atom. The van der Waals surface area contributed by atoms with Gasteiger partial charge in [0.15, 0.2) is 0 Å². The fourth-order valence-corrected chi connectivity index (χ4v) is 1.96. The van der Waals surface area contributed by atoms with E-state index in [9.17, 15) is 4.57 Å². The van der Waals surface area contributed by atoms with Gasteiger partial charge < -0.3 is 19.8 Å². The molecule has 0 saturated carbocycles. The predicted octanol–water partition coefficient (Wildman–Crippen LogP) is 0.125. The molecule has 1 atom stereocenters. The molecule has 78 valence electrons. The van der Waals surface area contributed by atoms with Crippen molar-refractivity contribution >= 4 is 14.7 Å². The molecular weight excluding hydrogens is 194 g/mol. The first kappa shape index (κ1) is 13.1. The third-order valence-corrected chi connectivity index (χ3v) is 3.27. The van der Waals surface area contributed by atoms with Gasteiger partial charge in [-0.05, 0) is 6.42 Å². The Labute approximate surface area is 78.1 Å². The lowest BCUT2D eigenvalue weighted by Crippen LogP contribution is -2.30. The molecule has 0 spiro atoms. The summed E-state index contributed by atoms with van der Waals surface area (Å²) < 4.78 is 10.7. The fraction of sp³-hybridized carbons (Fsp3) is 1.00. The minimum atomic E-state index is -4.37. The van der Waals surface area contributed by atoms with Crippen molar-refractivity contribution in [3.63, 3.8) is 0 Å². The quantitative estimate of drug-likeness (QED) is 0.283. The second kappa shape index (κ2) is 5.78. The zero-order valence-electron chi connectivity index (χ0n) is 7.63. The Bertz CT molecular complexity index is 180. The molecule has 1 unspecified atom stereocenters. The lowest BCUT2D eigenvalue weighted by atomic mass is 9.82. The summed E-state index contributed by atoms with van der Waals surface area (Å²) in [4.78, 5) is 17.5. The van der Waals surface area contributed by atoms with Gasteiger partial charge in [0.1, 0.15) is 0 Å². The smallest absolute Gasteiger partial charge is 0.426 e. The Hall–Kier alpha value is 0.135. The van der Waals surface area contributed by atoms with Crippen LogP contribution < -0.4 is 0 Å². The van der Waals surface area contributed by atoms with Gasteiger partial charge in [-0.3, -0.25) is 4.57 Å². The fourth-order valence-electron chi connectivity index (χ4n) is 1.09. The standard InChI is InChI=1S/C6H16BO5P/c1-2-3-4-5-6(7(8)9)13(10,11)12/h6,8-9H,2-5H2,1H3,(H2,10,11,12). The molecule has 0 bridgehead atoms. The van der Waals surface area contributed by atoms with Gasteiger partial charge in [0.25, 0.3) is 0 Å². The summed E-state index contributed by atoms with van der Waals surface area (Å²) in [5.74, 6) is 0. The molecule has 0 amide bonds. The van der Waals surface area contributed by atoms with Crippen molar-refractivity contribution in [3.8, 4) is 0 Å². The van der Waals surface area contributed by atoms with Crippen molar-refractivity contribution in [2.45, 2.75) is 38.2 Å². The van der Waals surface area contributed by atoms with Crippen LogP contribution in [0.1, 0.15) is 32.6 Å². The molecule has 0 rings (SSSR count). The average molecular weight is 210 g/mol. The predicted molar refractivity (Wildman–Crippen MR) is 50.2 cm³/mol. The van der Waals surface area contributed by atoms with E-state index in [-0.39, 0.29) is 6.42 Å². The second-order valence-corrected chi connectivity index (χ2v) is 4.91. The van der Waals surface area contributed by atoms with Crippen molar-refractivity contribution in [3.05, 3.63) is 0 Å². The van der Waals surface area contributed by atoms with Gasteiger partial charge in [-0.15, -0.1) is 0 Å². The van der Waals surface area contributed by atoms with Crippen LogP contribution in [-0.4, -0.2) is 32.5 Å². The summed E-state index contributed by atoms with van der Waals surface area (Å²) in [5.41, 5.74) is -1.33. The number of hydrogen-bond acceptors (Lipinski definition) is 3. The first-order valence-corrected chi connectivity index (χ1v) is 5.99. The monoisotopic (exact) mass is 210 g/mol. The van der Waals surface area contributed by atoms with Crippen molar-refractivity contribution in [2.24, 2.45) is 0 Å². The van der Waals surface area contributed by atoms with E-state index in [1.165, 1.54) is 0 Å². The average Bonchev–Trinajstić information content (AvgIpc) is 1.94. The molecule has 0 aliphatic carbocycles. The van der Waals surface area contributed by atoms with Gasteiger partial charge in [0.05, 0.1) is 5.56 Å². The molecule has 0 aromatic rings. The topological polar surface area (TPSA) is 98.0 Å². The normalized spacial score (nSPS) is 14.2. The molecule has 0 aliphatic heterocycles. The molecule has 0 aromatic carbocycles. The second-order valence-electron chi connectivity index (χ2n) is 3.07. The van der Waals surface area contributed by atoms with Crippen molar-refractivity contribution in [1.29, 1.82) is 0 Å². The Morgan fingerprint density at radius 2 is 1.85 bits per heavy atom. The SMILES string of the molecule is CCCCCC(B(O)O)P(=O)(O)O. The summed E-state index contributed by atoms with van der Waals surface area (Å²) in [6, 6.07) is 0. The zero-order valence-corrected chi connectivity index (χ0v) is 8.52. The number of unbranched alkanes of at least 4 members (excludes halogenated alkanes) is 2. The van der Waals surface area contributed by atoms with Crippen molar-refractivity contribution in [1.82, 2.24) is 0 Å². The number of rotatable bonds is 6. The summed E-state index contributed by atoms with van der Waals surface area (Å²) >= 11 is 0. The van der Waals surface area contributed by atoms with Gasteiger partial charge in [0.2, 0.25) is 0 Å². The first-order valence-electron chi connectivity index (χ1n) is 4.31. The van der Waals surface area contributed by atoms with E-state index in [0.29, 0.717) is 6.42 Å². The molecule has 0 fully saturated rings. The van der Waals surface area contributed by atoms with Crippen LogP contribution in [0.3, 0.4) is 0 Å². The van der Waals surface area contributed by atoms with Gasteiger partial charge in [-0.2, -0.15) is 0 Å². The lowest BCUT2D eigenvalue weighted by Gasteiger charge is -2.16. The van der Waals surface area contributed by atoms with Crippen LogP contribution in [0.4, 0.5) is 0 Å². The van der Waals surface area contributed by atoms with E-state index in [4.69, 9.17) is 19.8 Å². The van der Waals surface area contributed by atoms with Gasteiger partial charge in [-0.25, -0.2) is 0 Å². The Morgan fingerprint density at radius 1 is 1.31 bits per heavy atom. The highest BCUT2D eigenvalue weighted by Crippen LogP contribution is 2.44. The Kier molecular flexibility index (Phi) is 5.84. The van der Waals surface area contributed by atoms with Gasteiger partial charge in [-0.1, -0.05) is 26.2 Å². The molecule has 5 nitrogen and oxygen atoms in total. The van der Waals surface area contributed by atoms with Crippen molar-refractivity contribution < 1.29 is 24.4 Å². The highest BCUT2D eigenvalue weighted by atomic mass is 31.2. The van der Waals surface area contributed by atoms with E-state index < -0.39 is 20.3 Å². The van der Waals surface area contributed by atoms with Crippen molar-refractivity contribution in [2.75, 3.05) is 0 Å². The first-order chi connectivity index (χ1) is 5.89. The van der Waals surface area contributed by atoms with Gasteiger partial charge in [0, 0.05) is 0 Å². The maximum Gasteiger partial charge on any atom is 0.467 e. The van der Waals surface area contributed by atoms with Crippen LogP contribution in [-0.2, 0) is 4.57 Å². The zero-order chi connectivity index (χ0) is 10.5. The maximum absolute atomic E-state index is 10.7. The summed E-state index contributed by atoms with van der Waals surface area (Å²) in [6.07, 6.45) is 2.51. The highest BCUT2D eigenvalue weighted by Gasteiger charge is 2.37. The largest absolute Gasteiger partial charge is 0.467 e. The minimum absolute atomic E-state index is 0.149. The molecule has 13 heavy (non-hydrogen) atoms. The third-order valence-electron chi connectivity index (χ3n) is 1.88. The van der Waals surface area contributed by atoms with Crippen LogP contribution in [0.2, 0.25) is 0 Å². The third kappa shape index (κ3) is 5.44. The van der Waals surface area contributed by atoms with E-state index in [2.05, 4.69) is 0 Å². The summed E-state index contributed by atoms with van der Waals surface area (Å²) in [7, 11) is -6.30. The highest BCUT2D eigenvalue weighted by molar-refractivity contribution is 7.55. The van der Waals surface area contributed by atoms with E-state index >= 15 is 0 Å². The molecule has 4 N–H and O–H groups in total. The van der Waals surface area contributed by atoms with Crippen LogP contribution in [0.25, 0.3) is 0 Å². The summed E-state index contributed by atoms with van der Waals surface area (Å²) in [6.45, 7) is 1.96. The summed E-state index contributed by atoms with van der Waals surface area (Å²) in [5, 5.41) is 17.4. The lowest BCUT2D eigenvalue weighted by molar-refractivity contribution is 0.341. The molecule has 0 heterocycles. The van der Waals surface area contributed by atoms with Crippen LogP contribution >= 0.6 is 7.60 Å². The molecule has 0 saturated heterocycles. The Balaban J connectivity index is 4.05. The van der Waals surface area contributed by atoms with Gasteiger partial charge >= 0.3 is 14.7 Å². The van der Waals surface area contributed by atoms with E-state index in [1.54, 1.807) is 0 Å². The van der Waals surface area contributed by atoms with Crippen LogP contribution in [0.15, 0.2) is 0 Å².